The third-order valence-electron chi connectivity index (χ3n) is 3.82. The average Bonchev–Trinajstić information content (AvgIpc) is 3.18. The summed E-state index contributed by atoms with van der Waals surface area (Å²) in [5.74, 6) is -0.321. The first kappa shape index (κ1) is 21.1. The summed E-state index contributed by atoms with van der Waals surface area (Å²) in [6.45, 7) is 1.64. The van der Waals surface area contributed by atoms with Crippen LogP contribution in [0.5, 0.6) is 0 Å². The molecular weight excluding hydrogens is 432 g/mol. The lowest BCUT2D eigenvalue weighted by molar-refractivity contribution is -0.384. The zero-order valence-corrected chi connectivity index (χ0v) is 17.1. The number of benzene rings is 2. The Morgan fingerprint density at radius 3 is 2.83 bits per heavy atom. The van der Waals surface area contributed by atoms with E-state index in [4.69, 9.17) is 23.8 Å². The zero-order chi connectivity index (χ0) is 21.7. The first-order valence-electron chi connectivity index (χ1n) is 8.46. The normalized spacial score (nSPS) is 10.3. The van der Waals surface area contributed by atoms with Crippen molar-refractivity contribution in [1.29, 1.82) is 0 Å². The molecule has 1 amide bonds. The number of carbonyl (C=O) groups excluding carboxylic acids is 1. The maximum absolute atomic E-state index is 12.1. The van der Waals surface area contributed by atoms with Crippen molar-refractivity contribution in [2.24, 2.45) is 0 Å². The van der Waals surface area contributed by atoms with Gasteiger partial charge < -0.3 is 5.32 Å². The van der Waals surface area contributed by atoms with E-state index in [0.717, 1.165) is 10.4 Å². The van der Waals surface area contributed by atoms with Gasteiger partial charge in [-0.2, -0.15) is 4.80 Å². The van der Waals surface area contributed by atoms with Crippen LogP contribution in [0.25, 0.3) is 11.4 Å². The number of hydrogen-bond donors (Lipinski definition) is 3. The topological polar surface area (TPSA) is 140 Å². The predicted molar refractivity (Wildman–Crippen MR) is 114 cm³/mol. The summed E-state index contributed by atoms with van der Waals surface area (Å²) in [7, 11) is 0. The number of nitro benzene ring substituents is 1. The molecule has 0 saturated heterocycles. The van der Waals surface area contributed by atoms with Crippen molar-refractivity contribution in [2.75, 3.05) is 5.32 Å². The molecule has 0 aliphatic heterocycles. The molecule has 13 heteroatoms. The van der Waals surface area contributed by atoms with Crippen molar-refractivity contribution in [3.63, 3.8) is 0 Å². The van der Waals surface area contributed by atoms with Crippen molar-refractivity contribution >= 4 is 46.2 Å². The van der Waals surface area contributed by atoms with Crippen LogP contribution in [0.4, 0.5) is 11.4 Å². The Hall–Kier alpha value is -3.64. The van der Waals surface area contributed by atoms with E-state index in [1.807, 2.05) is 13.0 Å². The summed E-state index contributed by atoms with van der Waals surface area (Å²) in [5, 5.41) is 26.2. The van der Waals surface area contributed by atoms with Gasteiger partial charge in [0, 0.05) is 28.4 Å². The molecule has 30 heavy (non-hydrogen) atoms. The Morgan fingerprint density at radius 1 is 1.27 bits per heavy atom. The lowest BCUT2D eigenvalue weighted by Crippen LogP contribution is -2.45. The van der Waals surface area contributed by atoms with Crippen LogP contribution in [-0.4, -0.2) is 36.2 Å². The van der Waals surface area contributed by atoms with Gasteiger partial charge in [0.2, 0.25) is 5.82 Å². The van der Waals surface area contributed by atoms with Gasteiger partial charge in [-0.05, 0) is 42.1 Å². The molecule has 0 saturated carbocycles. The molecule has 0 bridgehead atoms. The Kier molecular flexibility index (Phi) is 6.49. The number of non-ortho nitro benzene ring substituents is 1. The fraction of sp³-hybridized carbons (Fsp3) is 0.118. The van der Waals surface area contributed by atoms with Gasteiger partial charge in [-0.1, -0.05) is 29.8 Å². The first-order chi connectivity index (χ1) is 14.3. The van der Waals surface area contributed by atoms with Crippen molar-refractivity contribution in [3.05, 3.63) is 63.2 Å². The number of nitrogens with zero attached hydrogens (tertiary/aromatic N) is 5. The molecule has 0 aliphatic rings. The monoisotopic (exact) mass is 446 g/mol. The molecule has 1 aromatic heterocycles. The second-order valence-corrected chi connectivity index (χ2v) is 6.88. The fourth-order valence-corrected chi connectivity index (χ4v) is 2.69. The third-order valence-corrected chi connectivity index (χ3v) is 4.26. The van der Waals surface area contributed by atoms with Gasteiger partial charge in [-0.3, -0.25) is 25.8 Å². The van der Waals surface area contributed by atoms with E-state index in [-0.39, 0.29) is 23.2 Å². The zero-order valence-electron chi connectivity index (χ0n) is 15.5. The molecule has 2 aromatic carbocycles. The summed E-state index contributed by atoms with van der Waals surface area (Å²) in [4.78, 5) is 23.5. The van der Waals surface area contributed by atoms with Gasteiger partial charge in [-0.25, -0.2) is 0 Å². The summed E-state index contributed by atoms with van der Waals surface area (Å²) < 4.78 is 0. The van der Waals surface area contributed by atoms with Crippen LogP contribution >= 0.6 is 23.8 Å². The Balaban J connectivity index is 1.54. The largest absolute Gasteiger partial charge is 0.331 e. The van der Waals surface area contributed by atoms with E-state index in [1.165, 1.54) is 18.2 Å². The van der Waals surface area contributed by atoms with Gasteiger partial charge in [0.25, 0.3) is 11.6 Å². The number of amides is 1. The highest BCUT2D eigenvalue weighted by Gasteiger charge is 2.13. The molecule has 0 fully saturated rings. The summed E-state index contributed by atoms with van der Waals surface area (Å²) >= 11 is 11.1. The maximum Gasteiger partial charge on any atom is 0.270 e. The smallest absolute Gasteiger partial charge is 0.270 e. The van der Waals surface area contributed by atoms with Gasteiger partial charge in [0.1, 0.15) is 6.54 Å². The number of nitrogens with one attached hydrogen (secondary N) is 3. The molecule has 3 rings (SSSR count). The van der Waals surface area contributed by atoms with E-state index in [0.29, 0.717) is 16.3 Å². The van der Waals surface area contributed by atoms with E-state index in [9.17, 15) is 14.9 Å². The van der Waals surface area contributed by atoms with E-state index in [2.05, 4.69) is 31.6 Å². The number of nitro groups is 1. The molecule has 0 aliphatic carbocycles. The Bertz CT molecular complexity index is 1120. The number of halogens is 1. The predicted octanol–water partition coefficient (Wildman–Crippen LogP) is 2.23. The fourth-order valence-electron chi connectivity index (χ4n) is 2.36. The van der Waals surface area contributed by atoms with Gasteiger partial charge >= 0.3 is 0 Å². The molecule has 0 radical (unpaired) electrons. The van der Waals surface area contributed by atoms with Crippen molar-refractivity contribution < 1.29 is 9.72 Å². The number of rotatable bonds is 5. The average molecular weight is 447 g/mol. The van der Waals surface area contributed by atoms with Crippen molar-refractivity contribution in [2.45, 2.75) is 13.5 Å². The molecule has 1 heterocycles. The van der Waals surface area contributed by atoms with Crippen LogP contribution < -0.4 is 16.2 Å². The van der Waals surface area contributed by atoms with Crippen LogP contribution in [-0.2, 0) is 11.3 Å². The molecule has 154 valence electrons. The van der Waals surface area contributed by atoms with Crippen LogP contribution in [0, 0.1) is 17.0 Å². The van der Waals surface area contributed by atoms with Gasteiger partial charge in [-0.15, -0.1) is 10.2 Å². The summed E-state index contributed by atoms with van der Waals surface area (Å²) in [6, 6.07) is 11.1. The number of tetrazole rings is 1. The maximum atomic E-state index is 12.1. The first-order valence-corrected chi connectivity index (χ1v) is 9.25. The lowest BCUT2D eigenvalue weighted by atomic mass is 10.2. The minimum Gasteiger partial charge on any atom is -0.331 e. The van der Waals surface area contributed by atoms with Crippen LogP contribution in [0.15, 0.2) is 42.5 Å². The molecular formula is C17H15ClN8O3S. The second-order valence-electron chi connectivity index (χ2n) is 6.04. The number of thiocarbonyl (C=S) groups is 1. The van der Waals surface area contributed by atoms with Gasteiger partial charge in [0.05, 0.1) is 4.92 Å². The second kappa shape index (κ2) is 9.24. The van der Waals surface area contributed by atoms with Crippen LogP contribution in [0.1, 0.15) is 5.56 Å². The molecule has 0 unspecified atom stereocenters. The molecule has 0 spiro atoms. The highest BCUT2D eigenvalue weighted by Crippen LogP contribution is 2.20. The number of aromatic nitrogens is 4. The Labute approximate surface area is 180 Å². The summed E-state index contributed by atoms with van der Waals surface area (Å²) in [6.07, 6.45) is 0. The quantitative estimate of drug-likeness (QED) is 0.305. The minimum absolute atomic E-state index is 0.0956. The lowest BCUT2D eigenvalue weighted by Gasteiger charge is -2.13. The minimum atomic E-state index is -0.519. The Morgan fingerprint density at radius 2 is 2.07 bits per heavy atom. The number of hydrogen-bond acceptors (Lipinski definition) is 7. The standard InChI is InChI=1S/C17H15ClN8O3S/c1-10-5-6-12(18)8-14(10)19-17(30)22-20-15(27)9-25-23-16(21-24-25)11-3-2-4-13(7-11)26(28)29/h2-8H,9H2,1H3,(H,20,27)(H2,19,22,30). The van der Waals surface area contributed by atoms with Gasteiger partial charge in [0.15, 0.2) is 5.11 Å². The molecule has 11 nitrogen and oxygen atoms in total. The third kappa shape index (κ3) is 5.46. The molecule has 3 N–H and O–H groups in total. The SMILES string of the molecule is Cc1ccc(Cl)cc1NC(=S)NNC(=O)Cn1nnc(-c2cccc([N+](=O)[O-])c2)n1. The summed E-state index contributed by atoms with van der Waals surface area (Å²) in [5.41, 5.74) is 6.93. The van der Waals surface area contributed by atoms with Crippen molar-refractivity contribution in [3.8, 4) is 11.4 Å². The molecule has 3 aromatic rings. The highest BCUT2D eigenvalue weighted by atomic mass is 35.5. The van der Waals surface area contributed by atoms with E-state index < -0.39 is 10.8 Å². The number of carbonyl (C=O) groups is 1. The highest BCUT2D eigenvalue weighted by molar-refractivity contribution is 7.80. The van der Waals surface area contributed by atoms with Crippen molar-refractivity contribution in [1.82, 2.24) is 31.1 Å². The number of hydrazine groups is 1. The van der Waals surface area contributed by atoms with Crippen LogP contribution in [0.2, 0.25) is 5.02 Å². The number of anilines is 1. The molecule has 0 atom stereocenters. The van der Waals surface area contributed by atoms with Crippen LogP contribution in [0.3, 0.4) is 0 Å². The van der Waals surface area contributed by atoms with E-state index in [1.54, 1.807) is 18.2 Å². The number of aryl methyl sites for hydroxylation is 1. The van der Waals surface area contributed by atoms with E-state index >= 15 is 0 Å².